The Kier molecular flexibility index (Phi) is 2.00. The lowest BCUT2D eigenvalue weighted by atomic mass is 9.93. The predicted octanol–water partition coefficient (Wildman–Crippen LogP) is 1.79. The Hall–Kier alpha value is -1.03. The first kappa shape index (κ1) is 8.56. The van der Waals surface area contributed by atoms with Crippen molar-refractivity contribution in [3.63, 3.8) is 0 Å². The second kappa shape index (κ2) is 3.03. The summed E-state index contributed by atoms with van der Waals surface area (Å²) in [7, 11) is 0. The molecule has 2 rings (SSSR count). The van der Waals surface area contributed by atoms with E-state index in [2.05, 4.69) is 5.32 Å². The Morgan fingerprint density at radius 2 is 1.85 bits per heavy atom. The van der Waals surface area contributed by atoms with E-state index in [0.29, 0.717) is 19.2 Å². The summed E-state index contributed by atoms with van der Waals surface area (Å²) in [6.45, 7) is 1.17. The van der Waals surface area contributed by atoms with Crippen molar-refractivity contribution >= 4 is 0 Å². The van der Waals surface area contributed by atoms with Gasteiger partial charge in [-0.3, -0.25) is 0 Å². The zero-order chi connectivity index (χ0) is 9.42. The van der Waals surface area contributed by atoms with Crippen molar-refractivity contribution in [2.75, 3.05) is 13.1 Å². The van der Waals surface area contributed by atoms with Crippen LogP contribution in [0.1, 0.15) is 11.5 Å². The van der Waals surface area contributed by atoms with Crippen molar-refractivity contribution in [3.05, 3.63) is 35.1 Å². The van der Waals surface area contributed by atoms with E-state index in [9.17, 15) is 13.2 Å². The molecule has 1 aromatic rings. The van der Waals surface area contributed by atoms with Gasteiger partial charge in [0.25, 0.3) is 0 Å². The van der Waals surface area contributed by atoms with Gasteiger partial charge < -0.3 is 5.32 Å². The monoisotopic (exact) mass is 187 g/mol. The Labute approximate surface area is 73.6 Å². The SMILES string of the molecule is Fc1cc(F)c(F)c(C2CNC2)c1. The smallest absolute Gasteiger partial charge is 0.162 e. The van der Waals surface area contributed by atoms with Crippen LogP contribution in [0.2, 0.25) is 0 Å². The molecule has 1 aliphatic heterocycles. The molecular formula is C9H8F3N. The summed E-state index contributed by atoms with van der Waals surface area (Å²) in [4.78, 5) is 0. The summed E-state index contributed by atoms with van der Waals surface area (Å²) in [5, 5.41) is 2.91. The fraction of sp³-hybridized carbons (Fsp3) is 0.333. The molecule has 13 heavy (non-hydrogen) atoms. The van der Waals surface area contributed by atoms with Gasteiger partial charge in [0.2, 0.25) is 0 Å². The third-order valence-corrected chi connectivity index (χ3v) is 2.24. The van der Waals surface area contributed by atoms with Gasteiger partial charge in [-0.2, -0.15) is 0 Å². The lowest BCUT2D eigenvalue weighted by Gasteiger charge is -2.27. The van der Waals surface area contributed by atoms with Crippen LogP contribution in [-0.2, 0) is 0 Å². The lowest BCUT2D eigenvalue weighted by Crippen LogP contribution is -2.40. The largest absolute Gasteiger partial charge is 0.315 e. The number of hydrogen-bond donors (Lipinski definition) is 1. The van der Waals surface area contributed by atoms with Crippen LogP contribution in [-0.4, -0.2) is 13.1 Å². The molecule has 0 amide bonds. The standard InChI is InChI=1S/C9H8F3N/c10-6-1-7(5-3-13-4-5)9(12)8(11)2-6/h1-2,5,13H,3-4H2. The molecule has 1 nitrogen and oxygen atoms in total. The van der Waals surface area contributed by atoms with Crippen LogP contribution in [0.3, 0.4) is 0 Å². The lowest BCUT2D eigenvalue weighted by molar-refractivity contribution is 0.411. The first-order valence-electron chi connectivity index (χ1n) is 4.03. The van der Waals surface area contributed by atoms with Crippen molar-refractivity contribution in [3.8, 4) is 0 Å². The molecule has 0 saturated carbocycles. The molecule has 0 atom stereocenters. The second-order valence-corrected chi connectivity index (χ2v) is 3.15. The summed E-state index contributed by atoms with van der Waals surface area (Å²) in [5.74, 6) is -2.85. The average Bonchev–Trinajstić information content (AvgIpc) is 1.95. The van der Waals surface area contributed by atoms with E-state index in [0.717, 1.165) is 6.07 Å². The molecule has 70 valence electrons. The van der Waals surface area contributed by atoms with Gasteiger partial charge in [0.05, 0.1) is 0 Å². The number of hydrogen-bond acceptors (Lipinski definition) is 1. The normalized spacial score (nSPS) is 17.2. The van der Waals surface area contributed by atoms with E-state index < -0.39 is 17.5 Å². The third kappa shape index (κ3) is 1.42. The molecule has 1 aromatic carbocycles. The molecule has 1 saturated heterocycles. The minimum Gasteiger partial charge on any atom is -0.315 e. The highest BCUT2D eigenvalue weighted by atomic mass is 19.2. The van der Waals surface area contributed by atoms with Gasteiger partial charge in [0.15, 0.2) is 11.6 Å². The molecule has 0 aromatic heterocycles. The maximum absolute atomic E-state index is 13.1. The Balaban J connectivity index is 2.42. The molecule has 0 aliphatic carbocycles. The van der Waals surface area contributed by atoms with Crippen molar-refractivity contribution in [1.29, 1.82) is 0 Å². The number of nitrogens with one attached hydrogen (secondary N) is 1. The summed E-state index contributed by atoms with van der Waals surface area (Å²) >= 11 is 0. The minimum atomic E-state index is -1.11. The highest BCUT2D eigenvalue weighted by Gasteiger charge is 2.24. The van der Waals surface area contributed by atoms with E-state index in [1.807, 2.05) is 0 Å². The van der Waals surface area contributed by atoms with Gasteiger partial charge in [-0.15, -0.1) is 0 Å². The molecule has 0 radical (unpaired) electrons. The fourth-order valence-corrected chi connectivity index (χ4v) is 1.38. The Bertz CT molecular complexity index is 334. The van der Waals surface area contributed by atoms with Crippen molar-refractivity contribution in [2.45, 2.75) is 5.92 Å². The fourth-order valence-electron chi connectivity index (χ4n) is 1.38. The summed E-state index contributed by atoms with van der Waals surface area (Å²) < 4.78 is 38.5. The summed E-state index contributed by atoms with van der Waals surface area (Å²) in [6.07, 6.45) is 0. The van der Waals surface area contributed by atoms with E-state index in [1.165, 1.54) is 0 Å². The van der Waals surface area contributed by atoms with Gasteiger partial charge in [0.1, 0.15) is 5.82 Å². The first-order valence-corrected chi connectivity index (χ1v) is 4.03. The van der Waals surface area contributed by atoms with Crippen LogP contribution in [0.4, 0.5) is 13.2 Å². The van der Waals surface area contributed by atoms with E-state index in [4.69, 9.17) is 0 Å². The van der Waals surface area contributed by atoms with E-state index in [-0.39, 0.29) is 11.5 Å². The molecule has 0 bridgehead atoms. The minimum absolute atomic E-state index is 0.0924. The zero-order valence-corrected chi connectivity index (χ0v) is 6.78. The van der Waals surface area contributed by atoms with Gasteiger partial charge in [-0.05, 0) is 11.6 Å². The van der Waals surface area contributed by atoms with Crippen LogP contribution in [0.5, 0.6) is 0 Å². The second-order valence-electron chi connectivity index (χ2n) is 3.15. The van der Waals surface area contributed by atoms with Gasteiger partial charge in [-0.25, -0.2) is 13.2 Å². The molecule has 1 heterocycles. The molecule has 0 spiro atoms. The van der Waals surface area contributed by atoms with Crippen LogP contribution in [0.25, 0.3) is 0 Å². The highest BCUT2D eigenvalue weighted by Crippen LogP contribution is 2.25. The van der Waals surface area contributed by atoms with E-state index >= 15 is 0 Å². The molecule has 1 fully saturated rings. The van der Waals surface area contributed by atoms with Gasteiger partial charge in [0, 0.05) is 25.1 Å². The van der Waals surface area contributed by atoms with Gasteiger partial charge >= 0.3 is 0 Å². The van der Waals surface area contributed by atoms with Crippen LogP contribution in [0.15, 0.2) is 12.1 Å². The summed E-state index contributed by atoms with van der Waals surface area (Å²) in [5.41, 5.74) is 0.135. The van der Waals surface area contributed by atoms with Crippen molar-refractivity contribution < 1.29 is 13.2 Å². The van der Waals surface area contributed by atoms with Crippen LogP contribution < -0.4 is 5.32 Å². The molecule has 1 N–H and O–H groups in total. The third-order valence-electron chi connectivity index (χ3n) is 2.24. The molecular weight excluding hydrogens is 179 g/mol. The molecule has 1 aliphatic rings. The maximum atomic E-state index is 13.1. The average molecular weight is 187 g/mol. The first-order chi connectivity index (χ1) is 6.18. The molecule has 0 unspecified atom stereocenters. The maximum Gasteiger partial charge on any atom is 0.162 e. The van der Waals surface area contributed by atoms with Crippen molar-refractivity contribution in [1.82, 2.24) is 5.32 Å². The topological polar surface area (TPSA) is 12.0 Å². The van der Waals surface area contributed by atoms with E-state index in [1.54, 1.807) is 0 Å². The highest BCUT2D eigenvalue weighted by molar-refractivity contribution is 5.26. The number of benzene rings is 1. The Morgan fingerprint density at radius 1 is 1.15 bits per heavy atom. The quantitative estimate of drug-likeness (QED) is 0.661. The number of rotatable bonds is 1. The Morgan fingerprint density at radius 3 is 2.38 bits per heavy atom. The number of halogens is 3. The summed E-state index contributed by atoms with van der Waals surface area (Å²) in [6, 6.07) is 1.62. The zero-order valence-electron chi connectivity index (χ0n) is 6.78. The molecule has 4 heteroatoms. The van der Waals surface area contributed by atoms with Gasteiger partial charge in [-0.1, -0.05) is 0 Å². The van der Waals surface area contributed by atoms with Crippen LogP contribution >= 0.6 is 0 Å². The van der Waals surface area contributed by atoms with Crippen molar-refractivity contribution in [2.24, 2.45) is 0 Å². The van der Waals surface area contributed by atoms with Crippen LogP contribution in [0, 0.1) is 17.5 Å². The predicted molar refractivity (Wildman–Crippen MR) is 41.9 cm³/mol.